The highest BCUT2D eigenvalue weighted by Gasteiger charge is 2.11. The first-order valence-electron chi connectivity index (χ1n) is 7.10. The second kappa shape index (κ2) is 8.95. The van der Waals surface area contributed by atoms with Crippen LogP contribution in [0.25, 0.3) is 0 Å². The number of nitrogens with zero attached hydrogens (tertiary/aromatic N) is 1. The molecular formula is C15H24ClN3O. The SMILES string of the molecule is CCc1ccccc1C(=O)NCCN1CCNCC1.Cl. The summed E-state index contributed by atoms with van der Waals surface area (Å²) < 4.78 is 0. The fraction of sp³-hybridized carbons (Fsp3) is 0.533. The van der Waals surface area contributed by atoms with Crippen molar-refractivity contribution in [2.24, 2.45) is 0 Å². The molecule has 0 atom stereocenters. The lowest BCUT2D eigenvalue weighted by atomic mass is 10.0. The Balaban J connectivity index is 0.00000200. The Morgan fingerprint density at radius 3 is 2.70 bits per heavy atom. The minimum Gasteiger partial charge on any atom is -0.351 e. The van der Waals surface area contributed by atoms with Gasteiger partial charge in [0.2, 0.25) is 0 Å². The first kappa shape index (κ1) is 17.0. The molecule has 4 nitrogen and oxygen atoms in total. The maximum absolute atomic E-state index is 12.1. The van der Waals surface area contributed by atoms with Crippen molar-refractivity contribution < 1.29 is 4.79 Å². The average Bonchev–Trinajstić information content (AvgIpc) is 2.48. The predicted molar refractivity (Wildman–Crippen MR) is 84.7 cm³/mol. The lowest BCUT2D eigenvalue weighted by molar-refractivity contribution is 0.0946. The van der Waals surface area contributed by atoms with E-state index in [4.69, 9.17) is 0 Å². The molecule has 0 aliphatic carbocycles. The Morgan fingerprint density at radius 2 is 2.00 bits per heavy atom. The first-order valence-corrected chi connectivity index (χ1v) is 7.10. The Bertz CT molecular complexity index is 419. The third kappa shape index (κ3) is 4.78. The molecule has 1 aromatic rings. The molecule has 1 fully saturated rings. The van der Waals surface area contributed by atoms with Gasteiger partial charge < -0.3 is 10.6 Å². The molecule has 0 saturated carbocycles. The van der Waals surface area contributed by atoms with Gasteiger partial charge in [-0.1, -0.05) is 25.1 Å². The van der Waals surface area contributed by atoms with Gasteiger partial charge >= 0.3 is 0 Å². The van der Waals surface area contributed by atoms with Crippen LogP contribution < -0.4 is 10.6 Å². The fourth-order valence-electron chi connectivity index (χ4n) is 2.41. The van der Waals surface area contributed by atoms with Crippen molar-refractivity contribution in [3.05, 3.63) is 35.4 Å². The van der Waals surface area contributed by atoms with Gasteiger partial charge in [0.05, 0.1) is 0 Å². The molecular weight excluding hydrogens is 274 g/mol. The van der Waals surface area contributed by atoms with Crippen LogP contribution in [0, 0.1) is 0 Å². The number of hydrogen-bond donors (Lipinski definition) is 2. The van der Waals surface area contributed by atoms with Crippen LogP contribution in [0.1, 0.15) is 22.8 Å². The summed E-state index contributed by atoms with van der Waals surface area (Å²) in [6.07, 6.45) is 0.890. The van der Waals surface area contributed by atoms with E-state index in [9.17, 15) is 4.79 Å². The summed E-state index contributed by atoms with van der Waals surface area (Å²) in [5.41, 5.74) is 1.92. The zero-order valence-corrected chi connectivity index (χ0v) is 12.8. The van der Waals surface area contributed by atoms with Crippen molar-refractivity contribution >= 4 is 18.3 Å². The Kier molecular flexibility index (Phi) is 7.59. The van der Waals surface area contributed by atoms with E-state index in [-0.39, 0.29) is 18.3 Å². The van der Waals surface area contributed by atoms with Crippen molar-refractivity contribution in [1.29, 1.82) is 0 Å². The second-order valence-electron chi connectivity index (χ2n) is 4.86. The first-order chi connectivity index (χ1) is 9.31. The summed E-state index contributed by atoms with van der Waals surface area (Å²) in [6, 6.07) is 7.82. The van der Waals surface area contributed by atoms with Crippen LogP contribution in [0.3, 0.4) is 0 Å². The quantitative estimate of drug-likeness (QED) is 0.861. The van der Waals surface area contributed by atoms with E-state index >= 15 is 0 Å². The molecule has 0 spiro atoms. The van der Waals surface area contributed by atoms with Gasteiger partial charge in [-0.05, 0) is 18.1 Å². The molecule has 1 aromatic carbocycles. The number of hydrogen-bond acceptors (Lipinski definition) is 3. The second-order valence-corrected chi connectivity index (χ2v) is 4.86. The summed E-state index contributed by atoms with van der Waals surface area (Å²) in [4.78, 5) is 14.5. The molecule has 1 heterocycles. The molecule has 5 heteroatoms. The van der Waals surface area contributed by atoms with E-state index in [1.54, 1.807) is 0 Å². The number of benzene rings is 1. The van der Waals surface area contributed by atoms with Gasteiger partial charge in [0, 0.05) is 44.8 Å². The number of aryl methyl sites for hydroxylation is 1. The lowest BCUT2D eigenvalue weighted by Gasteiger charge is -2.27. The normalized spacial score (nSPS) is 15.4. The van der Waals surface area contributed by atoms with Crippen molar-refractivity contribution in [2.45, 2.75) is 13.3 Å². The van der Waals surface area contributed by atoms with Crippen molar-refractivity contribution in [2.75, 3.05) is 39.3 Å². The molecule has 1 amide bonds. The smallest absolute Gasteiger partial charge is 0.251 e. The maximum Gasteiger partial charge on any atom is 0.251 e. The summed E-state index contributed by atoms with van der Waals surface area (Å²) in [5.74, 6) is 0.0487. The van der Waals surface area contributed by atoms with Crippen LogP contribution in [0.5, 0.6) is 0 Å². The van der Waals surface area contributed by atoms with E-state index < -0.39 is 0 Å². The number of rotatable bonds is 5. The molecule has 0 radical (unpaired) electrons. The van der Waals surface area contributed by atoms with Crippen molar-refractivity contribution in [3.63, 3.8) is 0 Å². The summed E-state index contributed by atoms with van der Waals surface area (Å²) in [7, 11) is 0. The van der Waals surface area contributed by atoms with Gasteiger partial charge in [-0.3, -0.25) is 9.69 Å². The molecule has 2 rings (SSSR count). The molecule has 20 heavy (non-hydrogen) atoms. The van der Waals surface area contributed by atoms with Crippen LogP contribution in [-0.2, 0) is 6.42 Å². The van der Waals surface area contributed by atoms with Gasteiger partial charge in [0.15, 0.2) is 0 Å². The minimum atomic E-state index is 0. The molecule has 112 valence electrons. The highest BCUT2D eigenvalue weighted by Crippen LogP contribution is 2.08. The monoisotopic (exact) mass is 297 g/mol. The van der Waals surface area contributed by atoms with Crippen LogP contribution in [0.15, 0.2) is 24.3 Å². The van der Waals surface area contributed by atoms with Gasteiger partial charge in [0.1, 0.15) is 0 Å². The summed E-state index contributed by atoms with van der Waals surface area (Å²) in [5, 5.41) is 6.35. The molecule has 0 aromatic heterocycles. The van der Waals surface area contributed by atoms with Crippen LogP contribution in [-0.4, -0.2) is 50.1 Å². The fourth-order valence-corrected chi connectivity index (χ4v) is 2.41. The topological polar surface area (TPSA) is 44.4 Å². The number of nitrogens with one attached hydrogen (secondary N) is 2. The number of halogens is 1. The van der Waals surface area contributed by atoms with Crippen LogP contribution in [0.4, 0.5) is 0 Å². The van der Waals surface area contributed by atoms with Crippen molar-refractivity contribution in [1.82, 2.24) is 15.5 Å². The molecule has 0 bridgehead atoms. The number of carbonyl (C=O) groups is 1. The molecule has 1 aliphatic rings. The Labute approximate surface area is 127 Å². The molecule has 1 saturated heterocycles. The van der Waals surface area contributed by atoms with Crippen molar-refractivity contribution in [3.8, 4) is 0 Å². The van der Waals surface area contributed by atoms with Gasteiger partial charge in [-0.15, -0.1) is 12.4 Å². The van der Waals surface area contributed by atoms with E-state index in [0.717, 1.165) is 56.8 Å². The van der Waals surface area contributed by atoms with Gasteiger partial charge in [-0.2, -0.15) is 0 Å². The molecule has 1 aliphatic heterocycles. The highest BCUT2D eigenvalue weighted by molar-refractivity contribution is 5.95. The summed E-state index contributed by atoms with van der Waals surface area (Å²) in [6.45, 7) is 7.97. The zero-order valence-electron chi connectivity index (χ0n) is 12.0. The third-order valence-electron chi connectivity index (χ3n) is 3.57. The summed E-state index contributed by atoms with van der Waals surface area (Å²) >= 11 is 0. The number of amides is 1. The average molecular weight is 298 g/mol. The largest absolute Gasteiger partial charge is 0.351 e. The number of carbonyl (C=O) groups excluding carboxylic acids is 1. The van der Waals surface area contributed by atoms with Gasteiger partial charge in [0.25, 0.3) is 5.91 Å². The van der Waals surface area contributed by atoms with E-state index in [0.29, 0.717) is 0 Å². The van der Waals surface area contributed by atoms with Crippen LogP contribution in [0.2, 0.25) is 0 Å². The van der Waals surface area contributed by atoms with Crippen LogP contribution >= 0.6 is 12.4 Å². The molecule has 0 unspecified atom stereocenters. The standard InChI is InChI=1S/C15H23N3O.ClH/c1-2-13-5-3-4-6-14(13)15(19)17-9-12-18-10-7-16-8-11-18;/h3-6,16H,2,7-12H2,1H3,(H,17,19);1H. The predicted octanol–water partition coefficient (Wildman–Crippen LogP) is 1.31. The van der Waals surface area contributed by atoms with E-state index in [1.807, 2.05) is 24.3 Å². The van der Waals surface area contributed by atoms with E-state index in [2.05, 4.69) is 22.5 Å². The highest BCUT2D eigenvalue weighted by atomic mass is 35.5. The Hall–Kier alpha value is -1.10. The molecule has 2 N–H and O–H groups in total. The van der Waals surface area contributed by atoms with E-state index in [1.165, 1.54) is 0 Å². The van der Waals surface area contributed by atoms with Gasteiger partial charge in [-0.25, -0.2) is 0 Å². The zero-order chi connectivity index (χ0) is 13.5. The third-order valence-corrected chi connectivity index (χ3v) is 3.57. The number of piperazine rings is 1. The lowest BCUT2D eigenvalue weighted by Crippen LogP contribution is -2.46. The Morgan fingerprint density at radius 1 is 1.30 bits per heavy atom. The maximum atomic E-state index is 12.1. The minimum absolute atomic E-state index is 0.